The number of likely N-dealkylation sites (tertiary alicyclic amines) is 2. The van der Waals surface area contributed by atoms with Gasteiger partial charge in [-0.05, 0) is 51.3 Å². The number of likely N-dealkylation sites (N-methyl/N-ethyl adjacent to an activating group) is 1. The highest BCUT2D eigenvalue weighted by Gasteiger charge is 2.26. The lowest BCUT2D eigenvalue weighted by Gasteiger charge is -2.36. The maximum Gasteiger partial charge on any atom is 0.236 e. The van der Waals surface area contributed by atoms with Gasteiger partial charge in [0.2, 0.25) is 11.8 Å². The predicted molar refractivity (Wildman–Crippen MR) is 111 cm³/mol. The molecule has 2 N–H and O–H groups in total. The van der Waals surface area contributed by atoms with Crippen LogP contribution in [-0.4, -0.2) is 73.5 Å². The van der Waals surface area contributed by atoms with E-state index in [1.807, 2.05) is 30.1 Å². The summed E-state index contributed by atoms with van der Waals surface area (Å²) >= 11 is 0. The van der Waals surface area contributed by atoms with E-state index >= 15 is 0 Å². The molecule has 154 valence electrons. The van der Waals surface area contributed by atoms with Crippen molar-refractivity contribution in [3.05, 3.63) is 35.9 Å². The summed E-state index contributed by atoms with van der Waals surface area (Å²) in [5, 5.41) is 6.47. The Bertz CT molecular complexity index is 629. The molecule has 3 rings (SSSR count). The van der Waals surface area contributed by atoms with E-state index in [-0.39, 0.29) is 17.9 Å². The zero-order valence-electron chi connectivity index (χ0n) is 17.0. The first-order valence-electron chi connectivity index (χ1n) is 10.6. The molecule has 0 aliphatic carbocycles. The smallest absolute Gasteiger partial charge is 0.236 e. The topological polar surface area (TPSA) is 64.7 Å². The molecule has 0 bridgehead atoms. The second-order valence-corrected chi connectivity index (χ2v) is 8.07. The highest BCUT2D eigenvalue weighted by molar-refractivity contribution is 5.78. The lowest BCUT2D eigenvalue weighted by atomic mass is 10.0. The minimum absolute atomic E-state index is 0.111. The molecule has 28 heavy (non-hydrogen) atoms. The fourth-order valence-electron chi connectivity index (χ4n) is 4.20. The summed E-state index contributed by atoms with van der Waals surface area (Å²) in [7, 11) is 1.99. The highest BCUT2D eigenvalue weighted by atomic mass is 16.2. The van der Waals surface area contributed by atoms with Crippen molar-refractivity contribution in [2.24, 2.45) is 0 Å². The number of nitrogens with zero attached hydrogens (tertiary/aromatic N) is 2. The number of hydrogen-bond acceptors (Lipinski definition) is 4. The molecule has 0 spiro atoms. The summed E-state index contributed by atoms with van der Waals surface area (Å²) < 4.78 is 0. The Kier molecular flexibility index (Phi) is 7.86. The average Bonchev–Trinajstić information content (AvgIpc) is 2.73. The van der Waals surface area contributed by atoms with E-state index in [1.165, 1.54) is 12.0 Å². The second-order valence-electron chi connectivity index (χ2n) is 8.07. The van der Waals surface area contributed by atoms with E-state index in [1.54, 1.807) is 0 Å². The van der Waals surface area contributed by atoms with Gasteiger partial charge in [-0.2, -0.15) is 0 Å². The van der Waals surface area contributed by atoms with E-state index in [0.29, 0.717) is 19.0 Å². The molecule has 0 radical (unpaired) electrons. The summed E-state index contributed by atoms with van der Waals surface area (Å²) in [5.74, 6) is 0.339. The number of carbonyl (C=O) groups is 2. The Labute approximate surface area is 168 Å². The van der Waals surface area contributed by atoms with Gasteiger partial charge < -0.3 is 15.5 Å². The van der Waals surface area contributed by atoms with Gasteiger partial charge in [0, 0.05) is 38.1 Å². The molecular weight excluding hydrogens is 352 g/mol. The van der Waals surface area contributed by atoms with Gasteiger partial charge in [0.15, 0.2) is 0 Å². The Morgan fingerprint density at radius 1 is 1.04 bits per heavy atom. The fraction of sp³-hybridized carbons (Fsp3) is 0.636. The Morgan fingerprint density at radius 3 is 2.50 bits per heavy atom. The molecule has 2 aliphatic heterocycles. The third-order valence-corrected chi connectivity index (χ3v) is 5.97. The molecule has 2 fully saturated rings. The summed E-state index contributed by atoms with van der Waals surface area (Å²) in [4.78, 5) is 29.1. The van der Waals surface area contributed by atoms with Crippen molar-refractivity contribution in [1.82, 2.24) is 20.4 Å². The highest BCUT2D eigenvalue weighted by Crippen LogP contribution is 2.14. The Hall–Kier alpha value is -1.92. The predicted octanol–water partition coefficient (Wildman–Crippen LogP) is 1.41. The summed E-state index contributed by atoms with van der Waals surface area (Å²) in [6.45, 7) is 3.97. The van der Waals surface area contributed by atoms with Gasteiger partial charge in [0.05, 0.1) is 6.54 Å². The van der Waals surface area contributed by atoms with E-state index in [9.17, 15) is 9.59 Å². The summed E-state index contributed by atoms with van der Waals surface area (Å²) in [6.07, 6.45) is 5.33. The standard InChI is InChI=1S/C22H34N4O2/c1-23-20-8-5-13-25(16-20)17-22(28)26-14-11-19(12-15-26)24-21(27)10-9-18-6-3-2-4-7-18/h2-4,6-7,19-20,23H,5,8-17H2,1H3,(H,24,27). The van der Waals surface area contributed by atoms with Crippen LogP contribution in [0.1, 0.15) is 37.7 Å². The molecule has 0 saturated carbocycles. The van der Waals surface area contributed by atoms with Gasteiger partial charge in [-0.3, -0.25) is 14.5 Å². The van der Waals surface area contributed by atoms with Crippen LogP contribution in [-0.2, 0) is 16.0 Å². The van der Waals surface area contributed by atoms with E-state index in [4.69, 9.17) is 0 Å². The monoisotopic (exact) mass is 386 g/mol. The number of carbonyl (C=O) groups excluding carboxylic acids is 2. The van der Waals surface area contributed by atoms with Crippen LogP contribution in [0, 0.1) is 0 Å². The number of nitrogens with one attached hydrogen (secondary N) is 2. The van der Waals surface area contributed by atoms with Gasteiger partial charge in [-0.15, -0.1) is 0 Å². The first kappa shape index (κ1) is 20.8. The van der Waals surface area contributed by atoms with Crippen LogP contribution in [0.25, 0.3) is 0 Å². The van der Waals surface area contributed by atoms with Crippen LogP contribution < -0.4 is 10.6 Å². The second kappa shape index (κ2) is 10.6. The Balaban J connectivity index is 1.34. The van der Waals surface area contributed by atoms with Crippen molar-refractivity contribution in [1.29, 1.82) is 0 Å². The molecule has 0 aromatic heterocycles. The van der Waals surface area contributed by atoms with Gasteiger partial charge in [0.1, 0.15) is 0 Å². The normalized spacial score (nSPS) is 21.5. The summed E-state index contributed by atoms with van der Waals surface area (Å²) in [5.41, 5.74) is 1.19. The Morgan fingerprint density at radius 2 is 1.79 bits per heavy atom. The van der Waals surface area contributed by atoms with Crippen LogP contribution >= 0.6 is 0 Å². The van der Waals surface area contributed by atoms with E-state index in [0.717, 1.165) is 51.9 Å². The molecule has 2 saturated heterocycles. The molecule has 2 aliphatic rings. The van der Waals surface area contributed by atoms with E-state index < -0.39 is 0 Å². The van der Waals surface area contributed by atoms with Crippen LogP contribution in [0.3, 0.4) is 0 Å². The SMILES string of the molecule is CNC1CCCN(CC(=O)N2CCC(NC(=O)CCc3ccccc3)CC2)C1. The summed E-state index contributed by atoms with van der Waals surface area (Å²) in [6, 6.07) is 10.8. The number of aryl methyl sites for hydroxylation is 1. The fourth-order valence-corrected chi connectivity index (χ4v) is 4.20. The first-order chi connectivity index (χ1) is 13.6. The number of rotatable bonds is 7. The maximum absolute atomic E-state index is 12.6. The van der Waals surface area contributed by atoms with Crippen molar-refractivity contribution in [3.63, 3.8) is 0 Å². The third-order valence-electron chi connectivity index (χ3n) is 5.97. The zero-order chi connectivity index (χ0) is 19.8. The molecule has 6 heteroatoms. The van der Waals surface area contributed by atoms with E-state index in [2.05, 4.69) is 27.7 Å². The third kappa shape index (κ3) is 6.31. The van der Waals surface area contributed by atoms with Gasteiger partial charge in [-0.1, -0.05) is 30.3 Å². The molecule has 1 aromatic rings. The lowest BCUT2D eigenvalue weighted by Crippen LogP contribution is -2.51. The van der Waals surface area contributed by atoms with Crippen LogP contribution in [0.2, 0.25) is 0 Å². The van der Waals surface area contributed by atoms with Crippen molar-refractivity contribution >= 4 is 11.8 Å². The number of amides is 2. The number of benzene rings is 1. The lowest BCUT2D eigenvalue weighted by molar-refractivity contribution is -0.134. The molecule has 2 heterocycles. The van der Waals surface area contributed by atoms with Crippen LogP contribution in [0.5, 0.6) is 0 Å². The van der Waals surface area contributed by atoms with Gasteiger partial charge >= 0.3 is 0 Å². The zero-order valence-corrected chi connectivity index (χ0v) is 17.0. The van der Waals surface area contributed by atoms with Gasteiger partial charge in [-0.25, -0.2) is 0 Å². The van der Waals surface area contributed by atoms with Crippen molar-refractivity contribution in [3.8, 4) is 0 Å². The van der Waals surface area contributed by atoms with Crippen LogP contribution in [0.4, 0.5) is 0 Å². The molecule has 6 nitrogen and oxygen atoms in total. The van der Waals surface area contributed by atoms with Crippen molar-refractivity contribution in [2.45, 2.75) is 50.6 Å². The quantitative estimate of drug-likeness (QED) is 0.744. The number of piperidine rings is 2. The van der Waals surface area contributed by atoms with Crippen molar-refractivity contribution in [2.75, 3.05) is 39.8 Å². The average molecular weight is 387 g/mol. The minimum atomic E-state index is 0.111. The molecule has 1 unspecified atom stereocenters. The number of hydrogen-bond donors (Lipinski definition) is 2. The molecular formula is C22H34N4O2. The molecule has 1 atom stereocenters. The maximum atomic E-state index is 12.6. The van der Waals surface area contributed by atoms with Crippen LogP contribution in [0.15, 0.2) is 30.3 Å². The molecule has 2 amide bonds. The van der Waals surface area contributed by atoms with Gasteiger partial charge in [0.25, 0.3) is 0 Å². The molecule has 1 aromatic carbocycles. The minimum Gasteiger partial charge on any atom is -0.353 e. The first-order valence-corrected chi connectivity index (χ1v) is 10.6. The largest absolute Gasteiger partial charge is 0.353 e. The van der Waals surface area contributed by atoms with Crippen molar-refractivity contribution < 1.29 is 9.59 Å².